The van der Waals surface area contributed by atoms with Crippen molar-refractivity contribution in [3.05, 3.63) is 0 Å². The first-order valence-corrected chi connectivity index (χ1v) is 7.88. The van der Waals surface area contributed by atoms with Crippen LogP contribution in [0.25, 0.3) is 0 Å². The maximum absolute atomic E-state index is 12.7. The lowest BCUT2D eigenvalue weighted by atomic mass is 9.79. The van der Waals surface area contributed by atoms with E-state index in [2.05, 4.69) is 0 Å². The lowest BCUT2D eigenvalue weighted by molar-refractivity contribution is -0.373. The standard InChI is InChI=1S/C15H22F6O3/c1-3-9(2)12(22)24-11-6-4-10(5-7-11)8-13(23,14(16,17)18)15(19,20)21/h9-11,23H,3-8H2,1-2H3. The van der Waals surface area contributed by atoms with E-state index >= 15 is 0 Å². The average Bonchev–Trinajstić information content (AvgIpc) is 2.45. The second-order valence-corrected chi connectivity index (χ2v) is 6.45. The molecular formula is C15H22F6O3. The van der Waals surface area contributed by atoms with Crippen LogP contribution in [0.3, 0.4) is 0 Å². The van der Waals surface area contributed by atoms with Crippen LogP contribution in [-0.4, -0.2) is 35.1 Å². The molecule has 0 spiro atoms. The van der Waals surface area contributed by atoms with Crippen molar-refractivity contribution < 1.29 is 41.0 Å². The first-order chi connectivity index (χ1) is 10.8. The van der Waals surface area contributed by atoms with Crippen LogP contribution in [-0.2, 0) is 9.53 Å². The van der Waals surface area contributed by atoms with Gasteiger partial charge in [0.25, 0.3) is 5.60 Å². The van der Waals surface area contributed by atoms with Gasteiger partial charge in [0.05, 0.1) is 5.92 Å². The monoisotopic (exact) mass is 364 g/mol. The molecule has 142 valence electrons. The van der Waals surface area contributed by atoms with Gasteiger partial charge in [-0.15, -0.1) is 0 Å². The van der Waals surface area contributed by atoms with Crippen molar-refractivity contribution in [3.8, 4) is 0 Å². The lowest BCUT2D eigenvalue weighted by Gasteiger charge is -2.37. The summed E-state index contributed by atoms with van der Waals surface area (Å²) in [5, 5.41) is 9.22. The second-order valence-electron chi connectivity index (χ2n) is 6.45. The van der Waals surface area contributed by atoms with E-state index in [1.165, 1.54) is 0 Å². The molecular weight excluding hydrogens is 342 g/mol. The van der Waals surface area contributed by atoms with Gasteiger partial charge in [0, 0.05) is 0 Å². The molecule has 0 aromatic heterocycles. The number of esters is 1. The largest absolute Gasteiger partial charge is 0.462 e. The van der Waals surface area contributed by atoms with Gasteiger partial charge in [-0.3, -0.25) is 4.79 Å². The van der Waals surface area contributed by atoms with E-state index < -0.39 is 42.4 Å². The van der Waals surface area contributed by atoms with Gasteiger partial charge in [-0.2, -0.15) is 26.3 Å². The highest BCUT2D eigenvalue weighted by atomic mass is 19.4. The molecule has 0 aliphatic heterocycles. The Bertz CT molecular complexity index is 410. The highest BCUT2D eigenvalue weighted by molar-refractivity contribution is 5.72. The molecule has 24 heavy (non-hydrogen) atoms. The van der Waals surface area contributed by atoms with Gasteiger partial charge in [0.2, 0.25) is 0 Å². The predicted octanol–water partition coefficient (Wildman–Crippen LogP) is 4.38. The van der Waals surface area contributed by atoms with Crippen LogP contribution in [0.1, 0.15) is 52.4 Å². The third-order valence-electron chi connectivity index (χ3n) is 4.61. The summed E-state index contributed by atoms with van der Waals surface area (Å²) in [5.41, 5.74) is -4.70. The Morgan fingerprint density at radius 2 is 1.54 bits per heavy atom. The zero-order chi connectivity index (χ0) is 18.8. The Morgan fingerprint density at radius 3 is 1.92 bits per heavy atom. The third kappa shape index (κ3) is 4.77. The first-order valence-electron chi connectivity index (χ1n) is 7.88. The Balaban J connectivity index is 2.63. The van der Waals surface area contributed by atoms with E-state index in [1.54, 1.807) is 13.8 Å². The molecule has 0 amide bonds. The van der Waals surface area contributed by atoms with Crippen molar-refractivity contribution in [2.24, 2.45) is 11.8 Å². The Morgan fingerprint density at radius 1 is 1.08 bits per heavy atom. The van der Waals surface area contributed by atoms with Gasteiger partial charge in [-0.1, -0.05) is 13.8 Å². The molecule has 9 heteroatoms. The highest BCUT2D eigenvalue weighted by Crippen LogP contribution is 2.48. The summed E-state index contributed by atoms with van der Waals surface area (Å²) in [6.07, 6.45) is -12.5. The van der Waals surface area contributed by atoms with Gasteiger partial charge < -0.3 is 9.84 Å². The Hall–Kier alpha value is -0.990. The fourth-order valence-corrected chi connectivity index (χ4v) is 2.71. The smallest absolute Gasteiger partial charge is 0.426 e. The van der Waals surface area contributed by atoms with Crippen LogP contribution in [0.15, 0.2) is 0 Å². The van der Waals surface area contributed by atoms with Crippen molar-refractivity contribution in [3.63, 3.8) is 0 Å². The molecule has 1 N–H and O–H groups in total. The molecule has 1 unspecified atom stereocenters. The zero-order valence-electron chi connectivity index (χ0n) is 13.5. The summed E-state index contributed by atoms with van der Waals surface area (Å²) in [7, 11) is 0. The van der Waals surface area contributed by atoms with Gasteiger partial charge in [0.15, 0.2) is 0 Å². The quantitative estimate of drug-likeness (QED) is 0.582. The Labute approximate surface area is 136 Å². The van der Waals surface area contributed by atoms with Gasteiger partial charge >= 0.3 is 18.3 Å². The molecule has 3 nitrogen and oxygen atoms in total. The van der Waals surface area contributed by atoms with Crippen LogP contribution in [0, 0.1) is 11.8 Å². The van der Waals surface area contributed by atoms with Crippen molar-refractivity contribution >= 4 is 5.97 Å². The number of hydrogen-bond donors (Lipinski definition) is 1. The lowest BCUT2D eigenvalue weighted by Crippen LogP contribution is -2.58. The van der Waals surface area contributed by atoms with E-state index in [0.717, 1.165) is 0 Å². The van der Waals surface area contributed by atoms with Crippen molar-refractivity contribution in [2.75, 3.05) is 0 Å². The molecule has 0 saturated heterocycles. The normalized spacial score (nSPS) is 24.5. The number of carbonyl (C=O) groups excluding carboxylic acids is 1. The summed E-state index contributed by atoms with van der Waals surface area (Å²) >= 11 is 0. The van der Waals surface area contributed by atoms with E-state index in [-0.39, 0.29) is 31.6 Å². The summed E-state index contributed by atoms with van der Waals surface area (Å²) in [4.78, 5) is 11.7. The number of halogens is 6. The van der Waals surface area contributed by atoms with Gasteiger partial charge in [-0.25, -0.2) is 0 Å². The number of ether oxygens (including phenoxy) is 1. The van der Waals surface area contributed by atoms with Crippen molar-refractivity contribution in [1.29, 1.82) is 0 Å². The maximum Gasteiger partial charge on any atom is 0.426 e. The fraction of sp³-hybridized carbons (Fsp3) is 0.933. The number of hydrogen-bond acceptors (Lipinski definition) is 3. The molecule has 1 aliphatic rings. The molecule has 1 fully saturated rings. The third-order valence-corrected chi connectivity index (χ3v) is 4.61. The molecule has 0 heterocycles. The van der Waals surface area contributed by atoms with Gasteiger partial charge in [0.1, 0.15) is 6.10 Å². The summed E-state index contributed by atoms with van der Waals surface area (Å²) in [6.45, 7) is 3.48. The van der Waals surface area contributed by atoms with Crippen LogP contribution >= 0.6 is 0 Å². The molecule has 1 saturated carbocycles. The number of alkyl halides is 6. The minimum atomic E-state index is -5.79. The molecule has 0 aromatic rings. The number of aliphatic hydroxyl groups is 1. The maximum atomic E-state index is 12.7. The first kappa shape index (κ1) is 21.1. The molecule has 0 radical (unpaired) electrons. The second kappa shape index (κ2) is 7.49. The van der Waals surface area contributed by atoms with E-state index in [0.29, 0.717) is 6.42 Å². The number of rotatable bonds is 5. The highest BCUT2D eigenvalue weighted by Gasteiger charge is 2.70. The van der Waals surface area contributed by atoms with E-state index in [1.807, 2.05) is 0 Å². The molecule has 0 aromatic carbocycles. The summed E-state index contributed by atoms with van der Waals surface area (Å²) < 4.78 is 81.4. The molecule has 1 rings (SSSR count). The minimum Gasteiger partial charge on any atom is -0.462 e. The molecule has 1 atom stereocenters. The van der Waals surface area contributed by atoms with Gasteiger partial charge in [-0.05, 0) is 44.4 Å². The molecule has 1 aliphatic carbocycles. The van der Waals surface area contributed by atoms with Crippen LogP contribution in [0.2, 0.25) is 0 Å². The number of carbonyl (C=O) groups is 1. The average molecular weight is 364 g/mol. The zero-order valence-corrected chi connectivity index (χ0v) is 13.5. The fourth-order valence-electron chi connectivity index (χ4n) is 2.71. The SMILES string of the molecule is CCC(C)C(=O)OC1CCC(CC(O)(C(F)(F)F)C(F)(F)F)CC1. The summed E-state index contributed by atoms with van der Waals surface area (Å²) in [5.74, 6) is -1.65. The van der Waals surface area contributed by atoms with Crippen molar-refractivity contribution in [1.82, 2.24) is 0 Å². The predicted molar refractivity (Wildman–Crippen MR) is 73.0 cm³/mol. The van der Waals surface area contributed by atoms with E-state index in [9.17, 15) is 36.2 Å². The van der Waals surface area contributed by atoms with E-state index in [4.69, 9.17) is 4.74 Å². The van der Waals surface area contributed by atoms with Crippen molar-refractivity contribution in [2.45, 2.75) is 76.4 Å². The Kier molecular flexibility index (Phi) is 6.57. The topological polar surface area (TPSA) is 46.5 Å². The van der Waals surface area contributed by atoms with Crippen LogP contribution in [0.5, 0.6) is 0 Å². The molecule has 0 bridgehead atoms. The summed E-state index contributed by atoms with van der Waals surface area (Å²) in [6, 6.07) is 0. The minimum absolute atomic E-state index is 0.0346. The van der Waals surface area contributed by atoms with Crippen LogP contribution < -0.4 is 0 Å². The van der Waals surface area contributed by atoms with Crippen LogP contribution in [0.4, 0.5) is 26.3 Å².